The van der Waals surface area contributed by atoms with E-state index >= 15 is 0 Å². The summed E-state index contributed by atoms with van der Waals surface area (Å²) >= 11 is 0. The molecule has 0 radical (unpaired) electrons. The molecule has 0 saturated carbocycles. The zero-order valence-corrected chi connectivity index (χ0v) is 12.2. The van der Waals surface area contributed by atoms with Crippen molar-refractivity contribution in [3.05, 3.63) is 65.0 Å². The molecule has 1 N–H and O–H groups in total. The summed E-state index contributed by atoms with van der Waals surface area (Å²) in [5, 5.41) is 3.35. The van der Waals surface area contributed by atoms with Gasteiger partial charge >= 0.3 is 0 Å². The molecule has 110 valence electrons. The molecule has 0 bridgehead atoms. The lowest BCUT2D eigenvalue weighted by atomic mass is 9.87. The second kappa shape index (κ2) is 6.27. The molecule has 2 nitrogen and oxygen atoms in total. The van der Waals surface area contributed by atoms with Crippen LogP contribution >= 0.6 is 0 Å². The second-order valence-corrected chi connectivity index (χ2v) is 5.47. The molecule has 0 saturated heterocycles. The molecule has 2 aromatic rings. The van der Waals surface area contributed by atoms with Gasteiger partial charge in [-0.1, -0.05) is 24.3 Å². The summed E-state index contributed by atoms with van der Waals surface area (Å²) in [6.07, 6.45) is 3.46. The van der Waals surface area contributed by atoms with Gasteiger partial charge in [0.2, 0.25) is 0 Å². The average Bonchev–Trinajstić information content (AvgIpc) is 2.53. The standard InChI is InChI=1S/C18H20FNO/c1-20-18-8-4-6-13-11-15(9-10-16(13)18)21-12-14-5-2-3-7-17(14)19/h2-3,5,7,9-11,18,20H,4,6,8,12H2,1H3. The zero-order valence-electron chi connectivity index (χ0n) is 12.2. The number of ether oxygens (including phenoxy) is 1. The van der Waals surface area contributed by atoms with Crippen LogP contribution in [0.25, 0.3) is 0 Å². The van der Waals surface area contributed by atoms with Crippen LogP contribution in [0.1, 0.15) is 35.6 Å². The predicted molar refractivity (Wildman–Crippen MR) is 81.9 cm³/mol. The highest BCUT2D eigenvalue weighted by molar-refractivity contribution is 5.39. The van der Waals surface area contributed by atoms with Crippen molar-refractivity contribution >= 4 is 0 Å². The number of hydrogen-bond acceptors (Lipinski definition) is 2. The fourth-order valence-electron chi connectivity index (χ4n) is 2.96. The van der Waals surface area contributed by atoms with E-state index in [2.05, 4.69) is 17.4 Å². The summed E-state index contributed by atoms with van der Waals surface area (Å²) in [4.78, 5) is 0. The van der Waals surface area contributed by atoms with E-state index in [1.54, 1.807) is 12.1 Å². The summed E-state index contributed by atoms with van der Waals surface area (Å²) in [5.41, 5.74) is 3.29. The minimum Gasteiger partial charge on any atom is -0.489 e. The van der Waals surface area contributed by atoms with Crippen LogP contribution in [0.5, 0.6) is 5.75 Å². The Kier molecular flexibility index (Phi) is 4.20. The van der Waals surface area contributed by atoms with Crippen LogP contribution in [0.4, 0.5) is 4.39 Å². The first-order valence-corrected chi connectivity index (χ1v) is 7.44. The normalized spacial score (nSPS) is 17.3. The molecule has 1 atom stereocenters. The lowest BCUT2D eigenvalue weighted by Gasteiger charge is -2.25. The molecule has 1 aliphatic carbocycles. The fraction of sp³-hybridized carbons (Fsp3) is 0.333. The topological polar surface area (TPSA) is 21.3 Å². The van der Waals surface area contributed by atoms with Crippen LogP contribution in [-0.2, 0) is 13.0 Å². The first-order valence-electron chi connectivity index (χ1n) is 7.44. The molecule has 3 rings (SSSR count). The van der Waals surface area contributed by atoms with Gasteiger partial charge in [0.05, 0.1) is 0 Å². The van der Waals surface area contributed by atoms with Gasteiger partial charge in [-0.2, -0.15) is 0 Å². The molecule has 0 aliphatic heterocycles. The third-order valence-corrected chi connectivity index (χ3v) is 4.13. The van der Waals surface area contributed by atoms with E-state index in [0.717, 1.165) is 12.2 Å². The SMILES string of the molecule is CNC1CCCc2cc(OCc3ccccc3F)ccc21. The molecule has 1 unspecified atom stereocenters. The zero-order chi connectivity index (χ0) is 14.7. The van der Waals surface area contributed by atoms with E-state index in [9.17, 15) is 4.39 Å². The molecule has 1 aliphatic rings. The summed E-state index contributed by atoms with van der Waals surface area (Å²) in [7, 11) is 2.00. The van der Waals surface area contributed by atoms with Crippen LogP contribution in [0, 0.1) is 5.82 Å². The number of fused-ring (bicyclic) bond motifs is 1. The first kappa shape index (κ1) is 14.1. The maximum absolute atomic E-state index is 13.6. The van der Waals surface area contributed by atoms with Crippen molar-refractivity contribution in [1.82, 2.24) is 5.32 Å². The van der Waals surface area contributed by atoms with Crippen LogP contribution in [0.15, 0.2) is 42.5 Å². The molecule has 0 fully saturated rings. The quantitative estimate of drug-likeness (QED) is 0.916. The highest BCUT2D eigenvalue weighted by Gasteiger charge is 2.18. The van der Waals surface area contributed by atoms with Gasteiger partial charge in [0, 0.05) is 11.6 Å². The number of nitrogens with one attached hydrogen (secondary N) is 1. The van der Waals surface area contributed by atoms with Gasteiger partial charge in [0.15, 0.2) is 0 Å². The maximum atomic E-state index is 13.6. The Labute approximate surface area is 125 Å². The van der Waals surface area contributed by atoms with Crippen LogP contribution in [0.2, 0.25) is 0 Å². The van der Waals surface area contributed by atoms with E-state index in [4.69, 9.17) is 4.74 Å². The summed E-state index contributed by atoms with van der Waals surface area (Å²) < 4.78 is 19.3. The van der Waals surface area contributed by atoms with Crippen molar-refractivity contribution in [3.8, 4) is 5.75 Å². The van der Waals surface area contributed by atoms with E-state index in [-0.39, 0.29) is 12.4 Å². The largest absolute Gasteiger partial charge is 0.489 e. The van der Waals surface area contributed by atoms with Crippen molar-refractivity contribution in [3.63, 3.8) is 0 Å². The molecular weight excluding hydrogens is 265 g/mol. The lowest BCUT2D eigenvalue weighted by Crippen LogP contribution is -2.21. The molecular formula is C18H20FNO. The average molecular weight is 285 g/mol. The Balaban J connectivity index is 1.74. The van der Waals surface area contributed by atoms with Gasteiger partial charge in [-0.3, -0.25) is 0 Å². The molecule has 3 heteroatoms. The maximum Gasteiger partial charge on any atom is 0.129 e. The van der Waals surface area contributed by atoms with E-state index in [0.29, 0.717) is 11.6 Å². The number of halogens is 1. The minimum atomic E-state index is -0.217. The molecule has 21 heavy (non-hydrogen) atoms. The van der Waals surface area contributed by atoms with Gasteiger partial charge in [-0.25, -0.2) is 4.39 Å². The van der Waals surface area contributed by atoms with Crippen molar-refractivity contribution in [2.75, 3.05) is 7.05 Å². The second-order valence-electron chi connectivity index (χ2n) is 5.47. The Hall–Kier alpha value is -1.87. The van der Waals surface area contributed by atoms with E-state index < -0.39 is 0 Å². The Morgan fingerprint density at radius 2 is 2.10 bits per heavy atom. The Morgan fingerprint density at radius 3 is 2.90 bits per heavy atom. The van der Waals surface area contributed by atoms with Crippen molar-refractivity contribution in [1.29, 1.82) is 0 Å². The minimum absolute atomic E-state index is 0.217. The Morgan fingerprint density at radius 1 is 1.24 bits per heavy atom. The van der Waals surface area contributed by atoms with Crippen LogP contribution in [0.3, 0.4) is 0 Å². The Bertz CT molecular complexity index is 626. The summed E-state index contributed by atoms with van der Waals surface area (Å²) in [6.45, 7) is 0.265. The first-order chi connectivity index (χ1) is 10.3. The van der Waals surface area contributed by atoms with Crippen LogP contribution in [-0.4, -0.2) is 7.05 Å². The fourth-order valence-corrected chi connectivity index (χ4v) is 2.96. The summed E-state index contributed by atoms with van der Waals surface area (Å²) in [5.74, 6) is 0.597. The molecule has 0 heterocycles. The smallest absolute Gasteiger partial charge is 0.129 e. The molecule has 0 aromatic heterocycles. The van der Waals surface area contributed by atoms with Gasteiger partial charge in [0.1, 0.15) is 18.2 Å². The van der Waals surface area contributed by atoms with Gasteiger partial charge in [0.25, 0.3) is 0 Å². The highest BCUT2D eigenvalue weighted by atomic mass is 19.1. The number of aryl methyl sites for hydroxylation is 1. The number of rotatable bonds is 4. The van der Waals surface area contributed by atoms with Gasteiger partial charge < -0.3 is 10.1 Å². The highest BCUT2D eigenvalue weighted by Crippen LogP contribution is 2.32. The third kappa shape index (κ3) is 3.08. The van der Waals surface area contributed by atoms with E-state index in [1.165, 1.54) is 30.0 Å². The van der Waals surface area contributed by atoms with Crippen molar-refractivity contribution in [2.24, 2.45) is 0 Å². The molecule has 2 aromatic carbocycles. The monoisotopic (exact) mass is 285 g/mol. The van der Waals surface area contributed by atoms with Crippen molar-refractivity contribution in [2.45, 2.75) is 31.9 Å². The molecule has 0 spiro atoms. The lowest BCUT2D eigenvalue weighted by molar-refractivity contribution is 0.299. The van der Waals surface area contributed by atoms with Crippen molar-refractivity contribution < 1.29 is 9.13 Å². The van der Waals surface area contributed by atoms with Crippen LogP contribution < -0.4 is 10.1 Å². The molecule has 0 amide bonds. The van der Waals surface area contributed by atoms with Gasteiger partial charge in [-0.05, 0) is 55.6 Å². The predicted octanol–water partition coefficient (Wildman–Crippen LogP) is 4.00. The number of hydrogen-bond donors (Lipinski definition) is 1. The van der Waals surface area contributed by atoms with Gasteiger partial charge in [-0.15, -0.1) is 0 Å². The van der Waals surface area contributed by atoms with E-state index in [1.807, 2.05) is 19.2 Å². The third-order valence-electron chi connectivity index (χ3n) is 4.13. The number of benzene rings is 2. The summed E-state index contributed by atoms with van der Waals surface area (Å²) in [6, 6.07) is 13.4.